The SMILES string of the molecule is CCC(C)CCCCCOc1ccc(-c2ccc(C(=O)O)cc2)cc1Br. The second-order valence-electron chi connectivity index (χ2n) is 6.74. The smallest absolute Gasteiger partial charge is 0.335 e. The molecule has 1 atom stereocenters. The number of carbonyl (C=O) groups is 1. The molecule has 2 aromatic rings. The largest absolute Gasteiger partial charge is 0.492 e. The van der Waals surface area contributed by atoms with E-state index in [1.807, 2.05) is 30.3 Å². The van der Waals surface area contributed by atoms with E-state index in [4.69, 9.17) is 9.84 Å². The van der Waals surface area contributed by atoms with E-state index < -0.39 is 5.97 Å². The van der Waals surface area contributed by atoms with Crippen LogP contribution in [0.15, 0.2) is 46.9 Å². The van der Waals surface area contributed by atoms with Crippen LogP contribution in [0.2, 0.25) is 0 Å². The zero-order valence-electron chi connectivity index (χ0n) is 15.5. The van der Waals surface area contributed by atoms with Crippen LogP contribution < -0.4 is 4.74 Å². The Kier molecular flexibility index (Phi) is 8.17. The molecule has 0 spiro atoms. The van der Waals surface area contributed by atoms with Gasteiger partial charge in [0, 0.05) is 0 Å². The maximum absolute atomic E-state index is 10.9. The fraction of sp³-hybridized carbons (Fsp3) is 0.409. The van der Waals surface area contributed by atoms with Gasteiger partial charge in [0.1, 0.15) is 5.75 Å². The van der Waals surface area contributed by atoms with Crippen molar-refractivity contribution in [2.45, 2.75) is 46.0 Å². The van der Waals surface area contributed by atoms with E-state index in [0.29, 0.717) is 5.56 Å². The summed E-state index contributed by atoms with van der Waals surface area (Å²) in [5, 5.41) is 8.98. The van der Waals surface area contributed by atoms with E-state index in [0.717, 1.165) is 40.3 Å². The number of hydrogen-bond acceptors (Lipinski definition) is 2. The van der Waals surface area contributed by atoms with Crippen molar-refractivity contribution in [3.63, 3.8) is 0 Å². The van der Waals surface area contributed by atoms with E-state index >= 15 is 0 Å². The van der Waals surface area contributed by atoms with Crippen molar-refractivity contribution >= 4 is 21.9 Å². The lowest BCUT2D eigenvalue weighted by atomic mass is 10.0. The van der Waals surface area contributed by atoms with Crippen LogP contribution in [-0.4, -0.2) is 17.7 Å². The highest BCUT2D eigenvalue weighted by Gasteiger charge is 2.07. The van der Waals surface area contributed by atoms with Gasteiger partial charge in [0.25, 0.3) is 0 Å². The quantitative estimate of drug-likeness (QED) is 0.431. The first-order valence-electron chi connectivity index (χ1n) is 9.27. The first-order chi connectivity index (χ1) is 12.5. The van der Waals surface area contributed by atoms with E-state index in [1.165, 1.54) is 25.7 Å². The number of aromatic carboxylic acids is 1. The Labute approximate surface area is 164 Å². The molecule has 0 saturated carbocycles. The van der Waals surface area contributed by atoms with E-state index in [-0.39, 0.29) is 0 Å². The predicted octanol–water partition coefficient (Wildman–Crippen LogP) is 6.80. The normalized spacial score (nSPS) is 12.0. The number of hydrogen-bond donors (Lipinski definition) is 1. The topological polar surface area (TPSA) is 46.5 Å². The van der Waals surface area contributed by atoms with Gasteiger partial charge in [-0.15, -0.1) is 0 Å². The molecule has 4 heteroatoms. The lowest BCUT2D eigenvalue weighted by Gasteiger charge is -2.11. The third kappa shape index (κ3) is 6.17. The highest BCUT2D eigenvalue weighted by atomic mass is 79.9. The fourth-order valence-electron chi connectivity index (χ4n) is 2.76. The van der Waals surface area contributed by atoms with Crippen LogP contribution in [0.3, 0.4) is 0 Å². The summed E-state index contributed by atoms with van der Waals surface area (Å²) < 4.78 is 6.80. The molecule has 2 rings (SSSR count). The zero-order chi connectivity index (χ0) is 18.9. The first-order valence-corrected chi connectivity index (χ1v) is 10.1. The molecule has 0 amide bonds. The van der Waals surface area contributed by atoms with Crippen LogP contribution in [0, 0.1) is 5.92 Å². The van der Waals surface area contributed by atoms with Gasteiger partial charge in [-0.05, 0) is 63.7 Å². The molecule has 0 saturated heterocycles. The van der Waals surface area contributed by atoms with Gasteiger partial charge in [0.2, 0.25) is 0 Å². The number of carboxylic acid groups (broad SMARTS) is 1. The highest BCUT2D eigenvalue weighted by Crippen LogP contribution is 2.31. The van der Waals surface area contributed by atoms with Gasteiger partial charge in [0.15, 0.2) is 0 Å². The third-order valence-corrected chi connectivity index (χ3v) is 5.31. The number of carboxylic acids is 1. The van der Waals surface area contributed by atoms with Crippen LogP contribution >= 0.6 is 15.9 Å². The van der Waals surface area contributed by atoms with Gasteiger partial charge in [-0.3, -0.25) is 0 Å². The molecule has 0 fully saturated rings. The molecule has 0 aliphatic rings. The molecule has 26 heavy (non-hydrogen) atoms. The minimum atomic E-state index is -0.911. The lowest BCUT2D eigenvalue weighted by Crippen LogP contribution is -1.99. The van der Waals surface area contributed by atoms with Crippen molar-refractivity contribution in [3.05, 3.63) is 52.5 Å². The van der Waals surface area contributed by atoms with Crippen LogP contribution in [0.4, 0.5) is 0 Å². The Hall–Kier alpha value is -1.81. The van der Waals surface area contributed by atoms with Gasteiger partial charge in [0.05, 0.1) is 16.6 Å². The predicted molar refractivity (Wildman–Crippen MR) is 110 cm³/mol. The Bertz CT molecular complexity index is 710. The molecule has 0 aliphatic heterocycles. The minimum absolute atomic E-state index is 0.293. The number of rotatable bonds is 10. The maximum atomic E-state index is 10.9. The summed E-state index contributed by atoms with van der Waals surface area (Å²) in [5.41, 5.74) is 2.29. The minimum Gasteiger partial charge on any atom is -0.492 e. The van der Waals surface area contributed by atoms with Crippen molar-refractivity contribution in [1.29, 1.82) is 0 Å². The molecular formula is C22H27BrO3. The summed E-state index contributed by atoms with van der Waals surface area (Å²) >= 11 is 3.57. The molecule has 2 aromatic carbocycles. The molecular weight excluding hydrogens is 392 g/mol. The summed E-state index contributed by atoms with van der Waals surface area (Å²) in [5.74, 6) is 0.755. The summed E-state index contributed by atoms with van der Waals surface area (Å²) in [7, 11) is 0. The number of halogens is 1. The van der Waals surface area contributed by atoms with Crippen molar-refractivity contribution < 1.29 is 14.6 Å². The molecule has 1 unspecified atom stereocenters. The first kappa shape index (κ1) is 20.5. The number of unbranched alkanes of at least 4 members (excludes halogenated alkanes) is 2. The Morgan fingerprint density at radius 3 is 2.38 bits per heavy atom. The Morgan fingerprint density at radius 2 is 1.77 bits per heavy atom. The monoisotopic (exact) mass is 418 g/mol. The van der Waals surface area contributed by atoms with Gasteiger partial charge in [-0.2, -0.15) is 0 Å². The van der Waals surface area contributed by atoms with E-state index in [2.05, 4.69) is 29.8 Å². The van der Waals surface area contributed by atoms with Gasteiger partial charge >= 0.3 is 5.97 Å². The molecule has 0 heterocycles. The van der Waals surface area contributed by atoms with Gasteiger partial charge in [-0.1, -0.05) is 57.7 Å². The van der Waals surface area contributed by atoms with Crippen LogP contribution in [0.5, 0.6) is 5.75 Å². The lowest BCUT2D eigenvalue weighted by molar-refractivity contribution is 0.0697. The Balaban J connectivity index is 1.86. The van der Waals surface area contributed by atoms with Crippen molar-refractivity contribution in [2.24, 2.45) is 5.92 Å². The maximum Gasteiger partial charge on any atom is 0.335 e. The number of benzene rings is 2. The van der Waals surface area contributed by atoms with Crippen molar-refractivity contribution in [2.75, 3.05) is 6.61 Å². The standard InChI is InChI=1S/C22H27BrO3/c1-3-16(2)7-5-4-6-14-26-21-13-12-19(15-20(21)23)17-8-10-18(11-9-17)22(24)25/h8-13,15-16H,3-7,14H2,1-2H3,(H,24,25). The molecule has 0 bridgehead atoms. The summed E-state index contributed by atoms with van der Waals surface area (Å²) in [6.07, 6.45) is 6.10. The highest BCUT2D eigenvalue weighted by molar-refractivity contribution is 9.10. The second-order valence-corrected chi connectivity index (χ2v) is 7.59. The average Bonchev–Trinajstić information content (AvgIpc) is 2.65. The fourth-order valence-corrected chi connectivity index (χ4v) is 3.25. The average molecular weight is 419 g/mol. The number of ether oxygens (including phenoxy) is 1. The van der Waals surface area contributed by atoms with E-state index in [1.54, 1.807) is 12.1 Å². The molecule has 3 nitrogen and oxygen atoms in total. The Morgan fingerprint density at radius 1 is 1.08 bits per heavy atom. The summed E-state index contributed by atoms with van der Waals surface area (Å²) in [6.45, 7) is 5.28. The molecule has 0 aliphatic carbocycles. The zero-order valence-corrected chi connectivity index (χ0v) is 17.1. The van der Waals surface area contributed by atoms with E-state index in [9.17, 15) is 4.79 Å². The van der Waals surface area contributed by atoms with Gasteiger partial charge in [-0.25, -0.2) is 4.79 Å². The molecule has 0 aromatic heterocycles. The summed E-state index contributed by atoms with van der Waals surface area (Å²) in [4.78, 5) is 10.9. The summed E-state index contributed by atoms with van der Waals surface area (Å²) in [6, 6.07) is 12.9. The van der Waals surface area contributed by atoms with Crippen molar-refractivity contribution in [1.82, 2.24) is 0 Å². The second kappa shape index (κ2) is 10.4. The molecule has 1 N–H and O–H groups in total. The van der Waals surface area contributed by atoms with Crippen LogP contribution in [-0.2, 0) is 0 Å². The van der Waals surface area contributed by atoms with Crippen molar-refractivity contribution in [3.8, 4) is 16.9 Å². The van der Waals surface area contributed by atoms with Crippen LogP contribution in [0.25, 0.3) is 11.1 Å². The third-order valence-electron chi connectivity index (χ3n) is 4.69. The molecule has 140 valence electrons. The van der Waals surface area contributed by atoms with Gasteiger partial charge < -0.3 is 9.84 Å². The van der Waals surface area contributed by atoms with Crippen LogP contribution in [0.1, 0.15) is 56.3 Å². The molecule has 0 radical (unpaired) electrons.